The molecule has 1 heterocycles. The van der Waals surface area contributed by atoms with E-state index in [0.717, 1.165) is 6.07 Å². The van der Waals surface area contributed by atoms with Gasteiger partial charge in [0.15, 0.2) is 0 Å². The van der Waals surface area contributed by atoms with Crippen LogP contribution in [0.15, 0.2) is 6.07 Å². The highest BCUT2D eigenvalue weighted by atomic mass is 35.5. The number of aliphatic hydroxyl groups excluding tert-OH is 2. The number of Topliss-reactive ketones (excluding diaryl/α,β-unsaturated/α-hetero) is 1. The Labute approximate surface area is 156 Å². The van der Waals surface area contributed by atoms with Crippen molar-refractivity contribution in [3.8, 4) is 11.5 Å². The van der Waals surface area contributed by atoms with Crippen LogP contribution < -0.4 is 0 Å². The molecule has 0 bridgehead atoms. The molecule has 2 rings (SSSR count). The molecule has 3 atom stereocenters. The fourth-order valence-electron chi connectivity index (χ4n) is 3.02. The highest BCUT2D eigenvalue weighted by molar-refractivity contribution is 6.33. The first-order valence-electron chi connectivity index (χ1n) is 8.52. The van der Waals surface area contributed by atoms with Crippen LogP contribution in [0.2, 0.25) is 5.02 Å². The standard InChI is InChI=1S/C18H23ClO7/c1-9-6-13(22)12(21)5-3-2-4-10(20)7-11-16(18(25)26-9)14(23)8-15(24)17(11)19/h8-9,12-13,21-24H,2-7H2,1H3. The Morgan fingerprint density at radius 1 is 1.12 bits per heavy atom. The van der Waals surface area contributed by atoms with Gasteiger partial charge in [0.05, 0.1) is 17.2 Å². The van der Waals surface area contributed by atoms with Crippen molar-refractivity contribution < 1.29 is 34.8 Å². The molecule has 0 amide bonds. The number of carbonyl (C=O) groups is 2. The third-order valence-electron chi connectivity index (χ3n) is 4.43. The first-order valence-corrected chi connectivity index (χ1v) is 8.90. The predicted octanol–water partition coefficient (Wildman–Crippen LogP) is 2.09. The summed E-state index contributed by atoms with van der Waals surface area (Å²) in [6.45, 7) is 1.55. The molecule has 1 aromatic carbocycles. The van der Waals surface area contributed by atoms with E-state index in [4.69, 9.17) is 16.3 Å². The van der Waals surface area contributed by atoms with Crippen LogP contribution in [0.5, 0.6) is 11.5 Å². The summed E-state index contributed by atoms with van der Waals surface area (Å²) in [7, 11) is 0. The quantitative estimate of drug-likeness (QED) is 0.503. The molecule has 1 aliphatic heterocycles. The largest absolute Gasteiger partial charge is 0.507 e. The van der Waals surface area contributed by atoms with Crippen LogP contribution in [-0.2, 0) is 16.0 Å². The molecule has 0 fully saturated rings. The van der Waals surface area contributed by atoms with Crippen LogP contribution >= 0.6 is 11.6 Å². The van der Waals surface area contributed by atoms with Gasteiger partial charge in [0, 0.05) is 30.9 Å². The Morgan fingerprint density at radius 2 is 1.81 bits per heavy atom. The van der Waals surface area contributed by atoms with Crippen LogP contribution in [0.3, 0.4) is 0 Å². The highest BCUT2D eigenvalue weighted by Crippen LogP contribution is 2.37. The summed E-state index contributed by atoms with van der Waals surface area (Å²) in [4.78, 5) is 24.7. The number of ether oxygens (including phenoxy) is 1. The average Bonchev–Trinajstić information content (AvgIpc) is 2.54. The molecule has 0 saturated carbocycles. The van der Waals surface area contributed by atoms with E-state index < -0.39 is 35.8 Å². The second-order valence-corrected chi connectivity index (χ2v) is 7.01. The predicted molar refractivity (Wildman–Crippen MR) is 93.5 cm³/mol. The lowest BCUT2D eigenvalue weighted by Gasteiger charge is -2.23. The van der Waals surface area contributed by atoms with Crippen molar-refractivity contribution in [2.24, 2.45) is 0 Å². The van der Waals surface area contributed by atoms with Gasteiger partial charge in [0.25, 0.3) is 0 Å². The van der Waals surface area contributed by atoms with E-state index in [-0.39, 0.29) is 41.2 Å². The number of phenols is 2. The number of aromatic hydroxyl groups is 2. The Balaban J connectivity index is 2.41. The van der Waals surface area contributed by atoms with Gasteiger partial charge >= 0.3 is 5.97 Å². The van der Waals surface area contributed by atoms with Gasteiger partial charge in [-0.3, -0.25) is 4.79 Å². The minimum atomic E-state index is -1.08. The fraction of sp³-hybridized carbons (Fsp3) is 0.556. The third kappa shape index (κ3) is 4.87. The van der Waals surface area contributed by atoms with Crippen molar-refractivity contribution in [2.45, 2.75) is 63.8 Å². The lowest BCUT2D eigenvalue weighted by molar-refractivity contribution is -0.118. The van der Waals surface area contributed by atoms with E-state index in [1.54, 1.807) is 6.92 Å². The third-order valence-corrected chi connectivity index (χ3v) is 4.85. The van der Waals surface area contributed by atoms with Gasteiger partial charge in [-0.25, -0.2) is 4.79 Å². The monoisotopic (exact) mass is 386 g/mol. The van der Waals surface area contributed by atoms with E-state index in [9.17, 15) is 30.0 Å². The smallest absolute Gasteiger partial charge is 0.342 e. The molecule has 3 unspecified atom stereocenters. The van der Waals surface area contributed by atoms with Gasteiger partial charge < -0.3 is 25.2 Å². The molecule has 1 aliphatic rings. The molecule has 4 N–H and O–H groups in total. The number of phenolic OH excluding ortho intramolecular Hbond substituents is 2. The zero-order valence-corrected chi connectivity index (χ0v) is 15.2. The van der Waals surface area contributed by atoms with Crippen molar-refractivity contribution in [3.63, 3.8) is 0 Å². The highest BCUT2D eigenvalue weighted by Gasteiger charge is 2.28. The topological polar surface area (TPSA) is 124 Å². The molecule has 26 heavy (non-hydrogen) atoms. The van der Waals surface area contributed by atoms with E-state index in [1.807, 2.05) is 0 Å². The first kappa shape index (κ1) is 20.5. The summed E-state index contributed by atoms with van der Waals surface area (Å²) < 4.78 is 5.23. The van der Waals surface area contributed by atoms with E-state index in [2.05, 4.69) is 0 Å². The average molecular weight is 387 g/mol. The number of esters is 1. The summed E-state index contributed by atoms with van der Waals surface area (Å²) >= 11 is 6.05. The van der Waals surface area contributed by atoms with Crippen molar-refractivity contribution in [1.82, 2.24) is 0 Å². The van der Waals surface area contributed by atoms with E-state index in [0.29, 0.717) is 19.3 Å². The molecule has 0 spiro atoms. The zero-order chi connectivity index (χ0) is 19.4. The number of rotatable bonds is 0. The fourth-order valence-corrected chi connectivity index (χ4v) is 3.23. The van der Waals surface area contributed by atoms with E-state index in [1.165, 1.54) is 0 Å². The molecule has 0 aromatic heterocycles. The number of aliphatic hydroxyl groups is 2. The molecule has 0 saturated heterocycles. The van der Waals surface area contributed by atoms with E-state index >= 15 is 0 Å². The van der Waals surface area contributed by atoms with Crippen molar-refractivity contribution in [2.75, 3.05) is 0 Å². The van der Waals surface area contributed by atoms with Gasteiger partial charge in [0.1, 0.15) is 28.9 Å². The number of hydrogen-bond donors (Lipinski definition) is 4. The number of hydrogen-bond acceptors (Lipinski definition) is 7. The van der Waals surface area contributed by atoms with Gasteiger partial charge in [-0.05, 0) is 19.8 Å². The number of cyclic esters (lactones) is 1. The molecular formula is C18H23ClO7. The second kappa shape index (κ2) is 8.70. The number of ketones is 1. The van der Waals surface area contributed by atoms with Crippen molar-refractivity contribution in [3.05, 3.63) is 22.2 Å². The normalized spacial score (nSPS) is 25.9. The van der Waals surface area contributed by atoms with Crippen LogP contribution in [0, 0.1) is 0 Å². The number of fused-ring (bicyclic) bond motifs is 1. The maximum atomic E-state index is 12.5. The van der Waals surface area contributed by atoms with Gasteiger partial charge in [-0.2, -0.15) is 0 Å². The van der Waals surface area contributed by atoms with Crippen LogP contribution in [0.4, 0.5) is 0 Å². The zero-order valence-electron chi connectivity index (χ0n) is 14.4. The number of carbonyl (C=O) groups excluding carboxylic acids is 2. The lowest BCUT2D eigenvalue weighted by Crippen LogP contribution is -2.31. The molecule has 7 nitrogen and oxygen atoms in total. The van der Waals surface area contributed by atoms with Crippen LogP contribution in [0.1, 0.15) is 54.9 Å². The molecule has 0 aliphatic carbocycles. The summed E-state index contributed by atoms with van der Waals surface area (Å²) in [5, 5.41) is 39.7. The molecule has 144 valence electrons. The summed E-state index contributed by atoms with van der Waals surface area (Å²) in [6, 6.07) is 0.916. The van der Waals surface area contributed by atoms with Gasteiger partial charge in [0.2, 0.25) is 0 Å². The van der Waals surface area contributed by atoms with Crippen molar-refractivity contribution >= 4 is 23.4 Å². The molecular weight excluding hydrogens is 364 g/mol. The lowest BCUT2D eigenvalue weighted by atomic mass is 9.96. The maximum absolute atomic E-state index is 12.5. The second-order valence-electron chi connectivity index (χ2n) is 6.63. The Bertz CT molecular complexity index is 689. The molecule has 1 aromatic rings. The summed E-state index contributed by atoms with van der Waals surface area (Å²) in [5.74, 6) is -2.12. The maximum Gasteiger partial charge on any atom is 0.342 e. The summed E-state index contributed by atoms with van der Waals surface area (Å²) in [6.07, 6.45) is -1.45. The SMILES string of the molecule is CC1CC(O)C(O)CCCCC(=O)Cc2c(Cl)c(O)cc(O)c2C(=O)O1. The van der Waals surface area contributed by atoms with Crippen LogP contribution in [-0.4, -0.2) is 50.5 Å². The first-order chi connectivity index (χ1) is 12.2. The van der Waals surface area contributed by atoms with Crippen LogP contribution in [0.25, 0.3) is 0 Å². The minimum absolute atomic E-state index is 0.0176. The Morgan fingerprint density at radius 3 is 2.50 bits per heavy atom. The van der Waals surface area contributed by atoms with Gasteiger partial charge in [-0.15, -0.1) is 0 Å². The Hall–Kier alpha value is -1.83. The number of halogens is 1. The Kier molecular flexibility index (Phi) is 6.86. The molecule has 8 heteroatoms. The van der Waals surface area contributed by atoms with Gasteiger partial charge in [-0.1, -0.05) is 18.0 Å². The minimum Gasteiger partial charge on any atom is -0.507 e. The number of benzene rings is 1. The van der Waals surface area contributed by atoms with Crippen molar-refractivity contribution in [1.29, 1.82) is 0 Å². The summed E-state index contributed by atoms with van der Waals surface area (Å²) in [5.41, 5.74) is -0.260. The molecule has 0 radical (unpaired) electrons.